The predicted molar refractivity (Wildman–Crippen MR) is 79.3 cm³/mol. The number of aliphatic hydroxyl groups excluding tert-OH is 1. The molecule has 110 valence electrons. The summed E-state index contributed by atoms with van der Waals surface area (Å²) in [6.07, 6.45) is 6.37. The predicted octanol–water partition coefficient (Wildman–Crippen LogP) is 1.91. The highest BCUT2D eigenvalue weighted by atomic mass is 16.3. The van der Waals surface area contributed by atoms with E-state index in [1.54, 1.807) is 17.1 Å². The van der Waals surface area contributed by atoms with E-state index in [0.717, 1.165) is 31.4 Å². The van der Waals surface area contributed by atoms with Gasteiger partial charge in [-0.05, 0) is 25.0 Å². The molecule has 1 heterocycles. The number of nitrogens with one attached hydrogen (secondary N) is 1. The zero-order chi connectivity index (χ0) is 14.7. The van der Waals surface area contributed by atoms with Gasteiger partial charge >= 0.3 is 0 Å². The van der Waals surface area contributed by atoms with Crippen molar-refractivity contribution in [2.45, 2.75) is 37.8 Å². The number of para-hydroxylation sites is 1. The molecule has 21 heavy (non-hydrogen) atoms. The summed E-state index contributed by atoms with van der Waals surface area (Å²) in [5, 5.41) is 12.9. The molecule has 1 amide bonds. The highest BCUT2D eigenvalue weighted by Crippen LogP contribution is 2.19. The molecule has 0 saturated heterocycles. The Hall–Kier alpha value is -2.14. The lowest BCUT2D eigenvalue weighted by Crippen LogP contribution is -2.45. The fourth-order valence-electron chi connectivity index (χ4n) is 2.78. The number of benzene rings is 1. The number of rotatable bonds is 3. The van der Waals surface area contributed by atoms with Crippen LogP contribution in [-0.2, 0) is 0 Å². The molecular weight excluding hydrogens is 266 g/mol. The molecular formula is C16H19N3O2. The molecule has 5 nitrogen and oxygen atoms in total. The molecule has 1 aliphatic carbocycles. The minimum absolute atomic E-state index is 0.162. The maximum Gasteiger partial charge on any atom is 0.270 e. The molecule has 0 unspecified atom stereocenters. The van der Waals surface area contributed by atoms with Gasteiger partial charge in [0.05, 0.1) is 24.7 Å². The Morgan fingerprint density at radius 3 is 2.76 bits per heavy atom. The summed E-state index contributed by atoms with van der Waals surface area (Å²) < 4.78 is 1.75. The van der Waals surface area contributed by atoms with Crippen LogP contribution in [0.5, 0.6) is 0 Å². The maximum absolute atomic E-state index is 12.4. The van der Waals surface area contributed by atoms with Gasteiger partial charge in [0, 0.05) is 5.69 Å². The lowest BCUT2D eigenvalue weighted by Gasteiger charge is -2.28. The molecule has 0 aliphatic heterocycles. The quantitative estimate of drug-likeness (QED) is 0.905. The van der Waals surface area contributed by atoms with Crippen LogP contribution in [0.1, 0.15) is 36.2 Å². The van der Waals surface area contributed by atoms with Gasteiger partial charge in [-0.3, -0.25) is 9.36 Å². The monoisotopic (exact) mass is 285 g/mol. The third kappa shape index (κ3) is 2.97. The Morgan fingerprint density at radius 1 is 1.24 bits per heavy atom. The molecule has 2 atom stereocenters. The van der Waals surface area contributed by atoms with Gasteiger partial charge in [0.25, 0.3) is 5.91 Å². The van der Waals surface area contributed by atoms with Gasteiger partial charge < -0.3 is 10.4 Å². The minimum Gasteiger partial charge on any atom is -0.391 e. The number of carbonyl (C=O) groups excluding carboxylic acids is 1. The SMILES string of the molecule is O=C(N[C@@H]1CCCC[C@H]1O)c1cncn1-c1ccccc1. The van der Waals surface area contributed by atoms with Crippen molar-refractivity contribution in [2.24, 2.45) is 0 Å². The van der Waals surface area contributed by atoms with Gasteiger partial charge in [-0.15, -0.1) is 0 Å². The molecule has 5 heteroatoms. The van der Waals surface area contributed by atoms with Gasteiger partial charge in [-0.1, -0.05) is 31.0 Å². The first-order valence-electron chi connectivity index (χ1n) is 7.32. The van der Waals surface area contributed by atoms with Crippen molar-refractivity contribution < 1.29 is 9.90 Å². The summed E-state index contributed by atoms with van der Waals surface area (Å²) in [4.78, 5) is 16.5. The maximum atomic E-state index is 12.4. The Morgan fingerprint density at radius 2 is 2.00 bits per heavy atom. The number of aromatic nitrogens is 2. The molecule has 0 radical (unpaired) electrons. The summed E-state index contributed by atoms with van der Waals surface area (Å²) in [5.41, 5.74) is 1.38. The second-order valence-electron chi connectivity index (χ2n) is 5.42. The van der Waals surface area contributed by atoms with Crippen LogP contribution in [0.2, 0.25) is 0 Å². The average Bonchev–Trinajstić information content (AvgIpc) is 3.00. The largest absolute Gasteiger partial charge is 0.391 e. The van der Waals surface area contributed by atoms with E-state index in [9.17, 15) is 9.90 Å². The van der Waals surface area contributed by atoms with E-state index < -0.39 is 6.10 Å². The molecule has 2 N–H and O–H groups in total. The fourth-order valence-corrected chi connectivity index (χ4v) is 2.78. The number of aliphatic hydroxyl groups is 1. The van der Waals surface area contributed by atoms with Crippen molar-refractivity contribution in [2.75, 3.05) is 0 Å². The number of hydrogen-bond donors (Lipinski definition) is 2. The van der Waals surface area contributed by atoms with Crippen LogP contribution >= 0.6 is 0 Å². The minimum atomic E-state index is -0.448. The number of hydrogen-bond acceptors (Lipinski definition) is 3. The van der Waals surface area contributed by atoms with Crippen LogP contribution in [0.15, 0.2) is 42.9 Å². The van der Waals surface area contributed by atoms with Crippen molar-refractivity contribution in [3.8, 4) is 5.69 Å². The molecule has 0 spiro atoms. The van der Waals surface area contributed by atoms with Crippen LogP contribution < -0.4 is 5.32 Å². The molecule has 1 fully saturated rings. The van der Waals surface area contributed by atoms with Gasteiger partial charge in [-0.25, -0.2) is 4.98 Å². The highest BCUT2D eigenvalue weighted by molar-refractivity contribution is 5.93. The molecule has 1 aromatic heterocycles. The summed E-state index contributed by atoms with van der Waals surface area (Å²) >= 11 is 0. The van der Waals surface area contributed by atoms with Crippen molar-refractivity contribution in [3.05, 3.63) is 48.5 Å². The first kappa shape index (κ1) is 13.8. The Bertz CT molecular complexity index is 609. The molecule has 1 aliphatic rings. The van der Waals surface area contributed by atoms with E-state index in [0.29, 0.717) is 5.69 Å². The average molecular weight is 285 g/mol. The van der Waals surface area contributed by atoms with E-state index in [2.05, 4.69) is 10.3 Å². The van der Waals surface area contributed by atoms with Crippen LogP contribution in [0, 0.1) is 0 Å². The van der Waals surface area contributed by atoms with Gasteiger partial charge in [-0.2, -0.15) is 0 Å². The summed E-state index contributed by atoms with van der Waals surface area (Å²) in [7, 11) is 0. The van der Waals surface area contributed by atoms with E-state index in [-0.39, 0.29) is 11.9 Å². The third-order valence-electron chi connectivity index (χ3n) is 3.95. The van der Waals surface area contributed by atoms with Crippen molar-refractivity contribution >= 4 is 5.91 Å². The second kappa shape index (κ2) is 6.10. The van der Waals surface area contributed by atoms with Crippen LogP contribution in [0.25, 0.3) is 5.69 Å². The highest BCUT2D eigenvalue weighted by Gasteiger charge is 2.26. The Labute approximate surface area is 123 Å². The third-order valence-corrected chi connectivity index (χ3v) is 3.95. The van der Waals surface area contributed by atoms with Crippen LogP contribution in [0.4, 0.5) is 0 Å². The van der Waals surface area contributed by atoms with Gasteiger partial charge in [0.2, 0.25) is 0 Å². The van der Waals surface area contributed by atoms with Gasteiger partial charge in [0.1, 0.15) is 5.69 Å². The van der Waals surface area contributed by atoms with Crippen LogP contribution in [-0.4, -0.2) is 32.7 Å². The molecule has 2 aromatic rings. The lowest BCUT2D eigenvalue weighted by molar-refractivity contribution is 0.0712. The first-order chi connectivity index (χ1) is 10.3. The Balaban J connectivity index is 1.78. The number of amides is 1. The number of nitrogens with zero attached hydrogens (tertiary/aromatic N) is 2. The first-order valence-corrected chi connectivity index (χ1v) is 7.32. The summed E-state index contributed by atoms with van der Waals surface area (Å²) in [5.74, 6) is -0.192. The molecule has 3 rings (SSSR count). The number of imidazole rings is 1. The fraction of sp³-hybridized carbons (Fsp3) is 0.375. The van der Waals surface area contributed by atoms with E-state index in [1.165, 1.54) is 0 Å². The summed E-state index contributed by atoms with van der Waals surface area (Å²) in [6.45, 7) is 0. The molecule has 0 bridgehead atoms. The lowest BCUT2D eigenvalue weighted by atomic mass is 9.92. The number of carbonyl (C=O) groups is 1. The molecule has 1 saturated carbocycles. The van der Waals surface area contributed by atoms with Crippen LogP contribution in [0.3, 0.4) is 0 Å². The zero-order valence-corrected chi connectivity index (χ0v) is 11.8. The van der Waals surface area contributed by atoms with Gasteiger partial charge in [0.15, 0.2) is 0 Å². The topological polar surface area (TPSA) is 67.2 Å². The second-order valence-corrected chi connectivity index (χ2v) is 5.42. The van der Waals surface area contributed by atoms with E-state index in [1.807, 2.05) is 30.3 Å². The molecule has 1 aromatic carbocycles. The smallest absolute Gasteiger partial charge is 0.270 e. The van der Waals surface area contributed by atoms with E-state index in [4.69, 9.17) is 0 Å². The zero-order valence-electron chi connectivity index (χ0n) is 11.8. The standard InChI is InChI=1S/C16H19N3O2/c20-15-9-5-4-8-13(15)18-16(21)14-10-17-11-19(14)12-6-2-1-3-7-12/h1-3,6-7,10-11,13,15,20H,4-5,8-9H2,(H,18,21)/t13-,15-/m1/s1. The summed E-state index contributed by atoms with van der Waals surface area (Å²) in [6, 6.07) is 9.45. The Kier molecular flexibility index (Phi) is 4.01. The normalized spacial score (nSPS) is 22.0. The van der Waals surface area contributed by atoms with Crippen molar-refractivity contribution in [1.82, 2.24) is 14.9 Å². The van der Waals surface area contributed by atoms with Crippen molar-refractivity contribution in [1.29, 1.82) is 0 Å². The van der Waals surface area contributed by atoms with Crippen molar-refractivity contribution in [3.63, 3.8) is 0 Å². The van der Waals surface area contributed by atoms with E-state index >= 15 is 0 Å².